The number of benzene rings is 1. The topological polar surface area (TPSA) is 42.8 Å². The van der Waals surface area contributed by atoms with Crippen LogP contribution >= 0.6 is 11.3 Å². The van der Waals surface area contributed by atoms with Gasteiger partial charge in [-0.25, -0.2) is 0 Å². The molecule has 2 heterocycles. The van der Waals surface area contributed by atoms with Gasteiger partial charge in [0.1, 0.15) is 17.3 Å². The highest BCUT2D eigenvalue weighted by Crippen LogP contribution is 2.38. The Bertz CT molecular complexity index is 791. The van der Waals surface area contributed by atoms with Crippen LogP contribution in [0.15, 0.2) is 24.3 Å². The molecule has 1 fully saturated rings. The summed E-state index contributed by atoms with van der Waals surface area (Å²) in [6.07, 6.45) is 8.91. The Morgan fingerprint density at radius 2 is 1.81 bits per heavy atom. The third kappa shape index (κ3) is 4.19. The highest BCUT2D eigenvalue weighted by Gasteiger charge is 2.26. The summed E-state index contributed by atoms with van der Waals surface area (Å²) in [5, 5.41) is 4.32. The summed E-state index contributed by atoms with van der Waals surface area (Å²) in [5.41, 5.74) is 3.63. The van der Waals surface area contributed by atoms with Crippen molar-refractivity contribution in [2.45, 2.75) is 51.5 Å². The number of aryl methyl sites for hydroxylation is 1. The van der Waals surface area contributed by atoms with Crippen LogP contribution in [-0.2, 0) is 19.4 Å². The minimum atomic E-state index is -0.0221. The number of anilines is 1. The van der Waals surface area contributed by atoms with Crippen LogP contribution in [0.2, 0.25) is 0 Å². The Morgan fingerprint density at radius 1 is 1.07 bits per heavy atom. The molecule has 1 aromatic carbocycles. The average Bonchev–Trinajstić information content (AvgIpc) is 3.06. The van der Waals surface area contributed by atoms with Crippen LogP contribution in [0.1, 0.15) is 58.5 Å². The largest absolute Gasteiger partial charge is 0.497 e. The van der Waals surface area contributed by atoms with Gasteiger partial charge in [-0.05, 0) is 74.8 Å². The first kappa shape index (κ1) is 18.5. The van der Waals surface area contributed by atoms with Gasteiger partial charge in [-0.1, -0.05) is 0 Å². The quantitative estimate of drug-likeness (QED) is 0.828. The number of carbonyl (C=O) groups is 1. The van der Waals surface area contributed by atoms with E-state index in [1.165, 1.54) is 74.0 Å². The number of thiophene rings is 1. The molecule has 5 heteroatoms. The van der Waals surface area contributed by atoms with Gasteiger partial charge in [0.2, 0.25) is 0 Å². The summed E-state index contributed by atoms with van der Waals surface area (Å²) < 4.78 is 5.19. The molecule has 1 aliphatic heterocycles. The first-order chi connectivity index (χ1) is 13.2. The molecule has 1 saturated heterocycles. The van der Waals surface area contributed by atoms with E-state index in [2.05, 4.69) is 5.32 Å². The predicted molar refractivity (Wildman–Crippen MR) is 110 cm³/mol. The number of fused-ring (bicyclic) bond motifs is 1. The van der Waals surface area contributed by atoms with Crippen LogP contribution < -0.4 is 15.0 Å². The van der Waals surface area contributed by atoms with Crippen molar-refractivity contribution in [3.63, 3.8) is 0 Å². The number of quaternary nitrogens is 1. The smallest absolute Gasteiger partial charge is 0.256 e. The molecular formula is C22H29N2O2S+. The van der Waals surface area contributed by atoms with Crippen molar-refractivity contribution in [1.82, 2.24) is 0 Å². The van der Waals surface area contributed by atoms with E-state index in [9.17, 15) is 4.79 Å². The predicted octanol–water partition coefficient (Wildman–Crippen LogP) is 3.46. The Labute approximate surface area is 165 Å². The number of methoxy groups -OCH3 is 1. The van der Waals surface area contributed by atoms with E-state index in [1.807, 2.05) is 35.6 Å². The minimum Gasteiger partial charge on any atom is -0.497 e. The van der Waals surface area contributed by atoms with Gasteiger partial charge >= 0.3 is 0 Å². The van der Waals surface area contributed by atoms with Gasteiger partial charge in [0, 0.05) is 16.0 Å². The molecule has 1 aliphatic carbocycles. The Morgan fingerprint density at radius 3 is 2.56 bits per heavy atom. The molecule has 144 valence electrons. The first-order valence-electron chi connectivity index (χ1n) is 10.2. The number of hydrogen-bond donors (Lipinski definition) is 2. The molecule has 4 rings (SSSR count). The fraction of sp³-hybridized carbons (Fsp3) is 0.500. The van der Waals surface area contributed by atoms with Crippen LogP contribution in [0.25, 0.3) is 0 Å². The molecular weight excluding hydrogens is 356 g/mol. The summed E-state index contributed by atoms with van der Waals surface area (Å²) in [5.74, 6) is 0.749. The minimum absolute atomic E-state index is 0.0221. The van der Waals surface area contributed by atoms with Gasteiger partial charge in [-0.15, -0.1) is 11.3 Å². The van der Waals surface area contributed by atoms with E-state index in [0.717, 1.165) is 17.3 Å². The second-order valence-electron chi connectivity index (χ2n) is 7.69. The lowest BCUT2D eigenvalue weighted by Crippen LogP contribution is -3.11. The lowest BCUT2D eigenvalue weighted by molar-refractivity contribution is -0.918. The Balaban J connectivity index is 1.56. The third-order valence-electron chi connectivity index (χ3n) is 5.85. The van der Waals surface area contributed by atoms with E-state index in [1.54, 1.807) is 12.0 Å². The number of amides is 1. The van der Waals surface area contributed by atoms with E-state index in [-0.39, 0.29) is 5.91 Å². The molecule has 0 saturated carbocycles. The van der Waals surface area contributed by atoms with Crippen LogP contribution in [-0.4, -0.2) is 26.1 Å². The van der Waals surface area contributed by atoms with Crippen LogP contribution in [0.4, 0.5) is 5.00 Å². The Kier molecular flexibility index (Phi) is 5.79. The number of piperidine rings is 1. The van der Waals surface area contributed by atoms with Crippen molar-refractivity contribution in [1.29, 1.82) is 0 Å². The molecule has 0 atom stereocenters. The molecule has 2 aromatic rings. The number of hydrogen-bond acceptors (Lipinski definition) is 3. The zero-order chi connectivity index (χ0) is 18.6. The van der Waals surface area contributed by atoms with Crippen molar-refractivity contribution in [2.24, 2.45) is 0 Å². The van der Waals surface area contributed by atoms with Crippen molar-refractivity contribution >= 4 is 22.2 Å². The lowest BCUT2D eigenvalue weighted by atomic mass is 9.95. The highest BCUT2D eigenvalue weighted by atomic mass is 32.1. The van der Waals surface area contributed by atoms with Crippen LogP contribution in [0.5, 0.6) is 5.75 Å². The van der Waals surface area contributed by atoms with Gasteiger partial charge in [-0.2, -0.15) is 0 Å². The number of ether oxygens (including phenoxy) is 1. The van der Waals surface area contributed by atoms with Crippen LogP contribution in [0, 0.1) is 0 Å². The number of carbonyl (C=O) groups excluding carboxylic acids is 1. The first-order valence-corrected chi connectivity index (χ1v) is 11.0. The summed E-state index contributed by atoms with van der Waals surface area (Å²) in [6.45, 7) is 3.58. The molecule has 27 heavy (non-hydrogen) atoms. The maximum atomic E-state index is 12.8. The van der Waals surface area contributed by atoms with E-state index < -0.39 is 0 Å². The maximum Gasteiger partial charge on any atom is 0.256 e. The zero-order valence-corrected chi connectivity index (χ0v) is 16.9. The van der Waals surface area contributed by atoms with E-state index >= 15 is 0 Å². The monoisotopic (exact) mass is 385 g/mol. The summed E-state index contributed by atoms with van der Waals surface area (Å²) in [7, 11) is 1.64. The lowest BCUT2D eigenvalue weighted by Gasteiger charge is -2.24. The fourth-order valence-corrected chi connectivity index (χ4v) is 5.62. The zero-order valence-electron chi connectivity index (χ0n) is 16.1. The summed E-state index contributed by atoms with van der Waals surface area (Å²) in [4.78, 5) is 16.0. The van der Waals surface area contributed by atoms with Gasteiger partial charge in [0.25, 0.3) is 5.91 Å². The number of likely N-dealkylation sites (tertiary alicyclic amines) is 1. The second-order valence-corrected chi connectivity index (χ2v) is 8.79. The van der Waals surface area contributed by atoms with Crippen molar-refractivity contribution in [3.8, 4) is 5.75 Å². The molecule has 0 spiro atoms. The molecule has 1 aromatic heterocycles. The normalized spacial score (nSPS) is 17.4. The molecule has 2 aliphatic rings. The van der Waals surface area contributed by atoms with Gasteiger partial charge in [-0.3, -0.25) is 4.79 Å². The molecule has 0 bridgehead atoms. The molecule has 2 N–H and O–H groups in total. The van der Waals surface area contributed by atoms with Crippen molar-refractivity contribution < 1.29 is 14.4 Å². The van der Waals surface area contributed by atoms with Crippen LogP contribution in [0.3, 0.4) is 0 Å². The average molecular weight is 386 g/mol. The highest BCUT2D eigenvalue weighted by molar-refractivity contribution is 7.16. The SMILES string of the molecule is COc1ccc(C(=O)Nc2sc3c(c2C[NH+]2CCCCC2)CCCC3)cc1. The van der Waals surface area contributed by atoms with Crippen molar-refractivity contribution in [2.75, 3.05) is 25.5 Å². The third-order valence-corrected chi connectivity index (χ3v) is 7.10. The maximum absolute atomic E-state index is 12.8. The van der Waals surface area contributed by atoms with Gasteiger partial charge in [0.15, 0.2) is 0 Å². The van der Waals surface area contributed by atoms with Gasteiger partial charge < -0.3 is 15.0 Å². The summed E-state index contributed by atoms with van der Waals surface area (Å²) in [6, 6.07) is 7.34. The summed E-state index contributed by atoms with van der Waals surface area (Å²) >= 11 is 1.81. The molecule has 1 amide bonds. The van der Waals surface area contributed by atoms with Gasteiger partial charge in [0.05, 0.1) is 20.2 Å². The molecule has 0 radical (unpaired) electrons. The standard InChI is InChI=1S/C22H28N2O2S/c1-26-17-11-9-16(10-12-17)21(25)23-22-19(15-24-13-5-2-6-14-24)18-7-3-4-8-20(18)27-22/h9-12H,2-8,13-15H2,1H3,(H,23,25)/p+1. The van der Waals surface area contributed by atoms with E-state index in [4.69, 9.17) is 4.74 Å². The number of rotatable bonds is 5. The second kappa shape index (κ2) is 8.44. The van der Waals surface area contributed by atoms with Crippen molar-refractivity contribution in [3.05, 3.63) is 45.8 Å². The number of nitrogens with one attached hydrogen (secondary N) is 2. The Hall–Kier alpha value is -1.85. The fourth-order valence-electron chi connectivity index (χ4n) is 4.32. The molecule has 0 unspecified atom stereocenters. The molecule has 4 nitrogen and oxygen atoms in total. The van der Waals surface area contributed by atoms with E-state index in [0.29, 0.717) is 5.56 Å².